The summed E-state index contributed by atoms with van der Waals surface area (Å²) >= 11 is 6.12. The van der Waals surface area contributed by atoms with Crippen LogP contribution in [0.2, 0.25) is 5.02 Å². The van der Waals surface area contributed by atoms with Gasteiger partial charge in [-0.1, -0.05) is 24.6 Å². The molecule has 1 fully saturated rings. The zero-order valence-corrected chi connectivity index (χ0v) is 11.9. The number of benzene rings is 1. The van der Waals surface area contributed by atoms with Crippen LogP contribution in [0, 0.1) is 11.8 Å². The molecule has 1 unspecified atom stereocenters. The largest absolute Gasteiger partial charge is 0.481 e. The molecule has 5 nitrogen and oxygen atoms in total. The van der Waals surface area contributed by atoms with E-state index < -0.39 is 11.9 Å². The quantitative estimate of drug-likeness (QED) is 0.864. The second kappa shape index (κ2) is 5.81. The SMILES string of the molecule is CC(C(=O)O)C1CN(Cc2ccc(C(N)=O)cc2Cl)C1. The van der Waals surface area contributed by atoms with E-state index in [9.17, 15) is 9.59 Å². The zero-order chi connectivity index (χ0) is 14.9. The van der Waals surface area contributed by atoms with Crippen LogP contribution in [-0.2, 0) is 11.3 Å². The van der Waals surface area contributed by atoms with Gasteiger partial charge in [0.2, 0.25) is 5.91 Å². The van der Waals surface area contributed by atoms with E-state index in [0.29, 0.717) is 17.1 Å². The molecular weight excluding hydrogens is 280 g/mol. The normalized spacial score (nSPS) is 17.5. The van der Waals surface area contributed by atoms with Gasteiger partial charge in [0.1, 0.15) is 0 Å². The highest BCUT2D eigenvalue weighted by molar-refractivity contribution is 6.31. The van der Waals surface area contributed by atoms with Crippen molar-refractivity contribution in [2.75, 3.05) is 13.1 Å². The molecule has 2 rings (SSSR count). The van der Waals surface area contributed by atoms with E-state index in [0.717, 1.165) is 18.7 Å². The monoisotopic (exact) mass is 296 g/mol. The first-order valence-corrected chi connectivity index (χ1v) is 6.79. The average Bonchev–Trinajstić information content (AvgIpc) is 2.33. The summed E-state index contributed by atoms with van der Waals surface area (Å²) in [6, 6.07) is 5.01. The number of likely N-dealkylation sites (tertiary alicyclic amines) is 1. The molecule has 1 saturated heterocycles. The average molecular weight is 297 g/mol. The minimum atomic E-state index is -0.751. The molecule has 1 atom stereocenters. The summed E-state index contributed by atoms with van der Waals surface area (Å²) in [6.45, 7) is 3.89. The minimum Gasteiger partial charge on any atom is -0.481 e. The maximum atomic E-state index is 11.0. The number of amides is 1. The van der Waals surface area contributed by atoms with Gasteiger partial charge in [-0.3, -0.25) is 14.5 Å². The summed E-state index contributed by atoms with van der Waals surface area (Å²) in [7, 11) is 0. The van der Waals surface area contributed by atoms with Crippen LogP contribution in [0.15, 0.2) is 18.2 Å². The first-order chi connectivity index (χ1) is 9.38. The van der Waals surface area contributed by atoms with Crippen molar-refractivity contribution in [3.63, 3.8) is 0 Å². The van der Waals surface area contributed by atoms with Crippen LogP contribution >= 0.6 is 11.6 Å². The molecule has 6 heteroatoms. The van der Waals surface area contributed by atoms with Crippen molar-refractivity contribution in [3.8, 4) is 0 Å². The van der Waals surface area contributed by atoms with E-state index in [1.165, 1.54) is 0 Å². The highest BCUT2D eigenvalue weighted by atomic mass is 35.5. The third-order valence-electron chi connectivity index (χ3n) is 3.81. The number of halogens is 1. The smallest absolute Gasteiger partial charge is 0.306 e. The van der Waals surface area contributed by atoms with Crippen LogP contribution in [0.4, 0.5) is 0 Å². The third-order valence-corrected chi connectivity index (χ3v) is 4.17. The zero-order valence-electron chi connectivity index (χ0n) is 11.2. The Hall–Kier alpha value is -1.59. The lowest BCUT2D eigenvalue weighted by Crippen LogP contribution is -2.50. The van der Waals surface area contributed by atoms with Crippen molar-refractivity contribution in [2.45, 2.75) is 13.5 Å². The van der Waals surface area contributed by atoms with Crippen molar-refractivity contribution >= 4 is 23.5 Å². The topological polar surface area (TPSA) is 83.6 Å². The van der Waals surface area contributed by atoms with Crippen molar-refractivity contribution in [3.05, 3.63) is 34.3 Å². The third kappa shape index (κ3) is 3.11. The Bertz CT molecular complexity index is 541. The van der Waals surface area contributed by atoms with Crippen LogP contribution in [-0.4, -0.2) is 35.0 Å². The maximum absolute atomic E-state index is 11.0. The van der Waals surface area contributed by atoms with Gasteiger partial charge in [0.25, 0.3) is 0 Å². The predicted molar refractivity (Wildman–Crippen MR) is 75.5 cm³/mol. The standard InChI is InChI=1S/C14H17ClN2O3/c1-8(14(19)20)11-6-17(7-11)5-10-3-2-9(13(16)18)4-12(10)15/h2-4,8,11H,5-7H2,1H3,(H2,16,18)(H,19,20). The first-order valence-electron chi connectivity index (χ1n) is 6.42. The van der Waals surface area contributed by atoms with E-state index >= 15 is 0 Å². The van der Waals surface area contributed by atoms with Crippen LogP contribution < -0.4 is 5.73 Å². The van der Waals surface area contributed by atoms with Crippen LogP contribution in [0.3, 0.4) is 0 Å². The first kappa shape index (κ1) is 14.8. The highest BCUT2D eigenvalue weighted by Crippen LogP contribution is 2.27. The number of aliphatic carboxylic acids is 1. The second-order valence-electron chi connectivity index (χ2n) is 5.25. The summed E-state index contributed by atoms with van der Waals surface area (Å²) in [5, 5.41) is 9.45. The molecular formula is C14H17ClN2O3. The van der Waals surface area contributed by atoms with Crippen LogP contribution in [0.1, 0.15) is 22.8 Å². The summed E-state index contributed by atoms with van der Waals surface area (Å²) < 4.78 is 0. The van der Waals surface area contributed by atoms with Crippen LogP contribution in [0.25, 0.3) is 0 Å². The fourth-order valence-corrected chi connectivity index (χ4v) is 2.57. The lowest BCUT2D eigenvalue weighted by atomic mass is 9.87. The molecule has 20 heavy (non-hydrogen) atoms. The molecule has 0 aromatic heterocycles. The summed E-state index contributed by atoms with van der Waals surface area (Å²) in [5.74, 6) is -1.38. The van der Waals surface area contributed by atoms with Crippen LogP contribution in [0.5, 0.6) is 0 Å². The Morgan fingerprint density at radius 2 is 2.15 bits per heavy atom. The molecule has 1 aliphatic heterocycles. The molecule has 3 N–H and O–H groups in total. The lowest BCUT2D eigenvalue weighted by molar-refractivity contribution is -0.145. The number of nitrogens with zero attached hydrogens (tertiary/aromatic N) is 1. The second-order valence-corrected chi connectivity index (χ2v) is 5.66. The van der Waals surface area contributed by atoms with Gasteiger partial charge < -0.3 is 10.8 Å². The van der Waals surface area contributed by atoms with Gasteiger partial charge in [-0.2, -0.15) is 0 Å². The summed E-state index contributed by atoms with van der Waals surface area (Å²) in [5.41, 5.74) is 6.49. The Labute approximate surface area is 122 Å². The molecule has 1 amide bonds. The Balaban J connectivity index is 1.93. The number of carboxylic acid groups (broad SMARTS) is 1. The lowest BCUT2D eigenvalue weighted by Gasteiger charge is -2.41. The number of carbonyl (C=O) groups is 2. The number of carboxylic acids is 1. The number of hydrogen-bond donors (Lipinski definition) is 2. The van der Waals surface area contributed by atoms with E-state index in [1.807, 2.05) is 0 Å². The molecule has 1 aromatic carbocycles. The molecule has 108 valence electrons. The molecule has 0 bridgehead atoms. The summed E-state index contributed by atoms with van der Waals surface area (Å²) in [6.07, 6.45) is 0. The van der Waals surface area contributed by atoms with Crippen molar-refractivity contribution < 1.29 is 14.7 Å². The van der Waals surface area contributed by atoms with Gasteiger partial charge in [0, 0.05) is 30.2 Å². The van der Waals surface area contributed by atoms with Gasteiger partial charge in [-0.25, -0.2) is 0 Å². The van der Waals surface area contributed by atoms with Gasteiger partial charge in [0.05, 0.1) is 5.92 Å². The van der Waals surface area contributed by atoms with Gasteiger partial charge in [-0.15, -0.1) is 0 Å². The van der Waals surface area contributed by atoms with Gasteiger partial charge in [-0.05, 0) is 23.6 Å². The molecule has 1 aromatic rings. The fourth-order valence-electron chi connectivity index (χ4n) is 2.33. The van der Waals surface area contributed by atoms with Crippen molar-refractivity contribution in [2.24, 2.45) is 17.6 Å². The minimum absolute atomic E-state index is 0.191. The molecule has 0 spiro atoms. The Morgan fingerprint density at radius 1 is 1.50 bits per heavy atom. The Kier molecular flexibility index (Phi) is 4.30. The van der Waals surface area contributed by atoms with E-state index in [-0.39, 0.29) is 11.8 Å². The number of carbonyl (C=O) groups excluding carboxylic acids is 1. The molecule has 1 aliphatic rings. The summed E-state index contributed by atoms with van der Waals surface area (Å²) in [4.78, 5) is 24.0. The van der Waals surface area contributed by atoms with Gasteiger partial charge in [0.15, 0.2) is 0 Å². The van der Waals surface area contributed by atoms with Gasteiger partial charge >= 0.3 is 5.97 Å². The fraction of sp³-hybridized carbons (Fsp3) is 0.429. The predicted octanol–water partition coefficient (Wildman–Crippen LogP) is 1.59. The molecule has 0 saturated carbocycles. The van der Waals surface area contributed by atoms with Crippen molar-refractivity contribution in [1.82, 2.24) is 4.90 Å². The Morgan fingerprint density at radius 3 is 2.65 bits per heavy atom. The maximum Gasteiger partial charge on any atom is 0.306 e. The number of primary amides is 1. The molecule has 0 aliphatic carbocycles. The van der Waals surface area contributed by atoms with E-state index in [4.69, 9.17) is 22.4 Å². The van der Waals surface area contributed by atoms with E-state index in [2.05, 4.69) is 4.90 Å². The van der Waals surface area contributed by atoms with Crippen molar-refractivity contribution in [1.29, 1.82) is 0 Å². The number of nitrogens with two attached hydrogens (primary N) is 1. The molecule has 0 radical (unpaired) electrons. The van der Waals surface area contributed by atoms with E-state index in [1.54, 1.807) is 25.1 Å². The molecule has 1 heterocycles. The number of rotatable bonds is 5. The number of hydrogen-bond acceptors (Lipinski definition) is 3. The highest BCUT2D eigenvalue weighted by Gasteiger charge is 2.34.